The van der Waals surface area contributed by atoms with Crippen LogP contribution in [-0.4, -0.2) is 51.5 Å². The second kappa shape index (κ2) is 10.4. The van der Waals surface area contributed by atoms with E-state index in [1.807, 2.05) is 25.1 Å². The molecule has 170 valence electrons. The molecule has 2 aromatic heterocycles. The molecule has 2 atom stereocenters. The van der Waals surface area contributed by atoms with Gasteiger partial charge in [-0.1, -0.05) is 46.8 Å². The standard InChI is InChI=1S/C20H23N5O2S.C2H4O2/c1-12-18(13(2)27-24-12)19(26)21-17-11-25(20-23-22-14(3)28-20)10-9-16(17)15-7-5-4-6-8-15;1-2(3)4/h4-8,16-17H,9-11H2,1-3H3,(H,21,26);1H3,(H,3,4)/t16-,17-;/m0./s1. The van der Waals surface area contributed by atoms with Crippen molar-refractivity contribution >= 4 is 28.3 Å². The zero-order valence-electron chi connectivity index (χ0n) is 18.5. The molecule has 0 saturated carbocycles. The van der Waals surface area contributed by atoms with Gasteiger partial charge in [-0.25, -0.2) is 0 Å². The van der Waals surface area contributed by atoms with Gasteiger partial charge in [-0.15, -0.1) is 10.2 Å². The number of carbonyl (C=O) groups excluding carboxylic acids is 1. The number of carboxylic acids is 1. The summed E-state index contributed by atoms with van der Waals surface area (Å²) in [7, 11) is 0. The number of nitrogens with zero attached hydrogens (tertiary/aromatic N) is 4. The average Bonchev–Trinajstić information content (AvgIpc) is 3.33. The SMILES string of the molecule is CC(=O)O.Cc1nnc(N2CC[C@@H](c3ccccc3)[C@@H](NC(=O)c3c(C)noc3C)C2)s1. The Labute approximate surface area is 190 Å². The molecule has 1 saturated heterocycles. The molecule has 32 heavy (non-hydrogen) atoms. The highest BCUT2D eigenvalue weighted by molar-refractivity contribution is 7.15. The topological polar surface area (TPSA) is 121 Å². The van der Waals surface area contributed by atoms with Crippen LogP contribution in [0.1, 0.15) is 51.6 Å². The van der Waals surface area contributed by atoms with Crippen LogP contribution in [0.25, 0.3) is 0 Å². The van der Waals surface area contributed by atoms with E-state index >= 15 is 0 Å². The van der Waals surface area contributed by atoms with Gasteiger partial charge in [-0.2, -0.15) is 0 Å². The fraction of sp³-hybridized carbons (Fsp3) is 0.409. The van der Waals surface area contributed by atoms with Gasteiger partial charge in [0.25, 0.3) is 11.9 Å². The predicted molar refractivity (Wildman–Crippen MR) is 121 cm³/mol. The molecule has 1 fully saturated rings. The largest absolute Gasteiger partial charge is 0.481 e. The molecule has 3 heterocycles. The number of anilines is 1. The molecule has 1 aromatic carbocycles. The number of hydrogen-bond acceptors (Lipinski definition) is 8. The fourth-order valence-corrected chi connectivity index (χ4v) is 4.56. The van der Waals surface area contributed by atoms with Gasteiger partial charge >= 0.3 is 0 Å². The van der Waals surface area contributed by atoms with Crippen LogP contribution in [0.2, 0.25) is 0 Å². The average molecular weight is 458 g/mol. The molecule has 1 amide bonds. The van der Waals surface area contributed by atoms with E-state index < -0.39 is 5.97 Å². The maximum atomic E-state index is 13.0. The Hall–Kier alpha value is -3.27. The van der Waals surface area contributed by atoms with Crippen molar-refractivity contribution in [3.8, 4) is 0 Å². The minimum Gasteiger partial charge on any atom is -0.481 e. The number of carboxylic acid groups (broad SMARTS) is 1. The van der Waals surface area contributed by atoms with Crippen LogP contribution in [0.15, 0.2) is 34.9 Å². The number of aliphatic carboxylic acids is 1. The number of benzene rings is 1. The highest BCUT2D eigenvalue weighted by atomic mass is 32.1. The molecule has 0 bridgehead atoms. The Morgan fingerprint density at radius 1 is 1.19 bits per heavy atom. The van der Waals surface area contributed by atoms with Gasteiger partial charge in [0.2, 0.25) is 5.13 Å². The van der Waals surface area contributed by atoms with Crippen LogP contribution >= 0.6 is 11.3 Å². The third-order valence-electron chi connectivity index (χ3n) is 5.20. The maximum absolute atomic E-state index is 13.0. The molecule has 4 rings (SSSR count). The second-order valence-corrected chi connectivity index (χ2v) is 8.81. The lowest BCUT2D eigenvalue weighted by atomic mass is 9.85. The molecule has 0 aliphatic carbocycles. The lowest BCUT2D eigenvalue weighted by Crippen LogP contribution is -2.52. The van der Waals surface area contributed by atoms with Crippen LogP contribution in [-0.2, 0) is 4.79 Å². The first-order valence-electron chi connectivity index (χ1n) is 10.3. The highest BCUT2D eigenvalue weighted by Crippen LogP contribution is 2.32. The smallest absolute Gasteiger partial charge is 0.300 e. The van der Waals surface area contributed by atoms with Crippen molar-refractivity contribution in [3.05, 3.63) is 57.9 Å². The molecule has 1 aliphatic heterocycles. The maximum Gasteiger partial charge on any atom is 0.300 e. The van der Waals surface area contributed by atoms with Crippen molar-refractivity contribution in [1.29, 1.82) is 0 Å². The van der Waals surface area contributed by atoms with Gasteiger partial charge in [0, 0.05) is 25.9 Å². The van der Waals surface area contributed by atoms with E-state index in [0.717, 1.165) is 30.0 Å². The quantitative estimate of drug-likeness (QED) is 0.612. The lowest BCUT2D eigenvalue weighted by molar-refractivity contribution is -0.134. The van der Waals surface area contributed by atoms with E-state index in [1.54, 1.807) is 25.2 Å². The van der Waals surface area contributed by atoms with E-state index in [0.29, 0.717) is 23.6 Å². The van der Waals surface area contributed by atoms with Gasteiger partial charge in [0.15, 0.2) is 0 Å². The summed E-state index contributed by atoms with van der Waals surface area (Å²) in [5, 5.41) is 24.8. The first-order chi connectivity index (χ1) is 15.3. The van der Waals surface area contributed by atoms with Gasteiger partial charge in [-0.3, -0.25) is 9.59 Å². The van der Waals surface area contributed by atoms with Crippen molar-refractivity contribution in [2.75, 3.05) is 18.0 Å². The Kier molecular flexibility index (Phi) is 7.57. The summed E-state index contributed by atoms with van der Waals surface area (Å²) in [4.78, 5) is 24.2. The normalized spacial score (nSPS) is 17.9. The Bertz CT molecular complexity index is 1040. The third-order valence-corrected chi connectivity index (χ3v) is 6.10. The first-order valence-corrected chi connectivity index (χ1v) is 11.1. The summed E-state index contributed by atoms with van der Waals surface area (Å²) in [6, 6.07) is 10.3. The monoisotopic (exact) mass is 457 g/mol. The van der Waals surface area contributed by atoms with Crippen LogP contribution < -0.4 is 10.2 Å². The third kappa shape index (κ3) is 5.70. The number of aromatic nitrogens is 3. The van der Waals surface area contributed by atoms with Crippen LogP contribution in [0.4, 0.5) is 5.13 Å². The second-order valence-electron chi connectivity index (χ2n) is 7.65. The Morgan fingerprint density at radius 2 is 1.88 bits per heavy atom. The van der Waals surface area contributed by atoms with Gasteiger partial charge in [-0.05, 0) is 32.8 Å². The number of nitrogens with one attached hydrogen (secondary N) is 1. The van der Waals surface area contributed by atoms with E-state index in [4.69, 9.17) is 14.4 Å². The van der Waals surface area contributed by atoms with E-state index in [2.05, 4.69) is 37.7 Å². The van der Waals surface area contributed by atoms with Crippen molar-refractivity contribution in [2.45, 2.75) is 46.1 Å². The van der Waals surface area contributed by atoms with Crippen molar-refractivity contribution in [2.24, 2.45) is 0 Å². The molecule has 0 radical (unpaired) electrons. The summed E-state index contributed by atoms with van der Waals surface area (Å²) in [6.45, 7) is 8.15. The lowest BCUT2D eigenvalue weighted by Gasteiger charge is -2.39. The zero-order chi connectivity index (χ0) is 23.3. The van der Waals surface area contributed by atoms with Gasteiger partial charge in [0.05, 0.1) is 11.7 Å². The Morgan fingerprint density at radius 3 is 2.44 bits per heavy atom. The number of aryl methyl sites for hydroxylation is 3. The summed E-state index contributed by atoms with van der Waals surface area (Å²) in [5.74, 6) is -0.202. The summed E-state index contributed by atoms with van der Waals surface area (Å²) < 4.78 is 5.17. The number of piperidine rings is 1. The van der Waals surface area contributed by atoms with Gasteiger partial charge in [0.1, 0.15) is 16.3 Å². The van der Waals surface area contributed by atoms with E-state index in [1.165, 1.54) is 5.56 Å². The molecule has 9 nitrogen and oxygen atoms in total. The molecular formula is C22H27N5O4S. The molecular weight excluding hydrogens is 430 g/mol. The highest BCUT2D eigenvalue weighted by Gasteiger charge is 2.33. The molecule has 0 unspecified atom stereocenters. The minimum atomic E-state index is -0.833. The summed E-state index contributed by atoms with van der Waals surface area (Å²) >= 11 is 1.58. The molecule has 1 aliphatic rings. The molecule has 0 spiro atoms. The number of hydrogen-bond donors (Lipinski definition) is 2. The first kappa shape index (κ1) is 23.4. The van der Waals surface area contributed by atoms with Crippen molar-refractivity contribution < 1.29 is 19.2 Å². The zero-order valence-corrected chi connectivity index (χ0v) is 19.3. The predicted octanol–water partition coefficient (Wildman–Crippen LogP) is 3.33. The Balaban J connectivity index is 0.000000668. The van der Waals surface area contributed by atoms with E-state index in [-0.39, 0.29) is 17.9 Å². The number of rotatable bonds is 4. The number of carbonyl (C=O) groups is 2. The van der Waals surface area contributed by atoms with Crippen molar-refractivity contribution in [3.63, 3.8) is 0 Å². The summed E-state index contributed by atoms with van der Waals surface area (Å²) in [5.41, 5.74) is 2.37. The fourth-order valence-electron chi connectivity index (χ4n) is 3.83. The van der Waals surface area contributed by atoms with Crippen LogP contribution in [0.3, 0.4) is 0 Å². The van der Waals surface area contributed by atoms with Gasteiger partial charge < -0.3 is 19.8 Å². The number of amides is 1. The van der Waals surface area contributed by atoms with Crippen LogP contribution in [0.5, 0.6) is 0 Å². The minimum absolute atomic E-state index is 0.0541. The molecule has 2 N–H and O–H groups in total. The summed E-state index contributed by atoms with van der Waals surface area (Å²) in [6.07, 6.45) is 0.926. The van der Waals surface area contributed by atoms with Crippen molar-refractivity contribution in [1.82, 2.24) is 20.7 Å². The molecule has 10 heteroatoms. The molecule has 3 aromatic rings. The van der Waals surface area contributed by atoms with E-state index in [9.17, 15) is 4.79 Å². The van der Waals surface area contributed by atoms with Crippen LogP contribution in [0, 0.1) is 20.8 Å².